The first-order valence-corrected chi connectivity index (χ1v) is 10.7. The number of fused-ring (bicyclic) bond motifs is 2. The number of likely N-dealkylation sites (N-methyl/N-ethyl adjacent to an activating group) is 1. The summed E-state index contributed by atoms with van der Waals surface area (Å²) in [6, 6.07) is 3.75. The van der Waals surface area contributed by atoms with E-state index in [0.29, 0.717) is 5.69 Å². The van der Waals surface area contributed by atoms with Gasteiger partial charge in [0.15, 0.2) is 0 Å². The number of aromatic nitrogens is 1. The summed E-state index contributed by atoms with van der Waals surface area (Å²) in [5.41, 5.74) is -1.03. The number of amides is 4. The van der Waals surface area contributed by atoms with E-state index in [2.05, 4.69) is 4.98 Å². The molecule has 4 rings (SSSR count). The summed E-state index contributed by atoms with van der Waals surface area (Å²) in [5.74, 6) is -2.59. The van der Waals surface area contributed by atoms with E-state index in [0.717, 1.165) is 19.7 Å². The number of hydrogen-bond donors (Lipinski definition) is 1. The number of anilines is 1. The lowest BCUT2D eigenvalue weighted by molar-refractivity contribution is -0.143. The van der Waals surface area contributed by atoms with E-state index in [4.69, 9.17) is 11.6 Å². The van der Waals surface area contributed by atoms with Crippen LogP contribution in [0.4, 0.5) is 10.5 Å². The van der Waals surface area contributed by atoms with Gasteiger partial charge in [-0.15, -0.1) is 11.3 Å². The van der Waals surface area contributed by atoms with Crippen molar-refractivity contribution in [3.05, 3.63) is 44.9 Å². The number of urea groups is 1. The van der Waals surface area contributed by atoms with E-state index in [9.17, 15) is 24.3 Å². The number of rotatable bonds is 5. The molecule has 9 nitrogen and oxygen atoms in total. The minimum atomic E-state index is -2.00. The Bertz CT molecular complexity index is 1130. The zero-order valence-corrected chi connectivity index (χ0v) is 18.5. The lowest BCUT2D eigenvalue weighted by Gasteiger charge is -2.27. The molecule has 1 spiro atoms. The highest BCUT2D eigenvalue weighted by molar-refractivity contribution is 7.09. The summed E-state index contributed by atoms with van der Waals surface area (Å²) in [6.45, 7) is 3.25. The van der Waals surface area contributed by atoms with E-state index in [1.165, 1.54) is 36.6 Å². The Balaban J connectivity index is 1.79. The lowest BCUT2D eigenvalue weighted by atomic mass is 9.90. The van der Waals surface area contributed by atoms with Crippen molar-refractivity contribution in [3.8, 4) is 0 Å². The van der Waals surface area contributed by atoms with E-state index < -0.39 is 35.9 Å². The van der Waals surface area contributed by atoms with Crippen LogP contribution in [0.15, 0.2) is 23.6 Å². The maximum Gasteiger partial charge on any atom is 0.328 e. The molecule has 1 atom stereocenters. The van der Waals surface area contributed by atoms with Crippen molar-refractivity contribution in [2.75, 3.05) is 18.5 Å². The fourth-order valence-electron chi connectivity index (χ4n) is 3.99. The van der Waals surface area contributed by atoms with Gasteiger partial charge in [-0.2, -0.15) is 0 Å². The van der Waals surface area contributed by atoms with Gasteiger partial charge in [0.2, 0.25) is 5.54 Å². The van der Waals surface area contributed by atoms with Gasteiger partial charge < -0.3 is 10.0 Å². The minimum Gasteiger partial charge on any atom is -0.480 e. The Morgan fingerprint density at radius 2 is 1.90 bits per heavy atom. The van der Waals surface area contributed by atoms with Gasteiger partial charge in [0.05, 0.1) is 22.9 Å². The lowest BCUT2D eigenvalue weighted by Crippen LogP contribution is -2.53. The summed E-state index contributed by atoms with van der Waals surface area (Å²) >= 11 is 7.57. The first-order valence-electron chi connectivity index (χ1n) is 9.46. The van der Waals surface area contributed by atoms with Crippen molar-refractivity contribution in [2.45, 2.75) is 31.8 Å². The van der Waals surface area contributed by atoms with Gasteiger partial charge in [-0.05, 0) is 18.2 Å². The predicted octanol–water partition coefficient (Wildman–Crippen LogP) is 2.64. The van der Waals surface area contributed by atoms with Crippen LogP contribution in [0.1, 0.15) is 36.0 Å². The third kappa shape index (κ3) is 3.01. The van der Waals surface area contributed by atoms with Crippen LogP contribution >= 0.6 is 22.9 Å². The molecular weight excluding hydrogens is 444 g/mol. The molecule has 0 unspecified atom stereocenters. The Hall–Kier alpha value is -2.98. The predicted molar refractivity (Wildman–Crippen MR) is 113 cm³/mol. The molecule has 2 aliphatic heterocycles. The van der Waals surface area contributed by atoms with Crippen molar-refractivity contribution >= 4 is 52.4 Å². The smallest absolute Gasteiger partial charge is 0.328 e. The summed E-state index contributed by atoms with van der Waals surface area (Å²) in [7, 11) is 1.35. The number of aliphatic carboxylic acids is 1. The molecule has 1 aromatic heterocycles. The highest BCUT2D eigenvalue weighted by Crippen LogP contribution is 2.49. The van der Waals surface area contributed by atoms with Gasteiger partial charge in [0.1, 0.15) is 6.54 Å². The van der Waals surface area contributed by atoms with Crippen molar-refractivity contribution in [1.82, 2.24) is 14.8 Å². The van der Waals surface area contributed by atoms with Gasteiger partial charge in [0.25, 0.3) is 11.8 Å². The van der Waals surface area contributed by atoms with Crippen LogP contribution in [0, 0.1) is 0 Å². The van der Waals surface area contributed by atoms with Crippen LogP contribution in [-0.2, 0) is 26.5 Å². The second-order valence-corrected chi connectivity index (χ2v) is 9.05. The molecule has 0 bridgehead atoms. The second kappa shape index (κ2) is 7.31. The monoisotopic (exact) mass is 462 g/mol. The molecule has 4 amide bonds. The highest BCUT2D eigenvalue weighted by Gasteiger charge is 2.67. The number of benzene rings is 1. The molecule has 0 radical (unpaired) electrons. The average molecular weight is 463 g/mol. The van der Waals surface area contributed by atoms with Crippen LogP contribution in [0.25, 0.3) is 0 Å². The number of carbonyl (C=O) groups excluding carboxylic acids is 3. The van der Waals surface area contributed by atoms with Crippen LogP contribution in [-0.4, -0.2) is 57.3 Å². The first-order chi connectivity index (χ1) is 14.6. The Morgan fingerprint density at radius 1 is 1.23 bits per heavy atom. The normalized spacial score (nSPS) is 20.5. The number of carboxylic acid groups (broad SMARTS) is 1. The molecule has 1 N–H and O–H groups in total. The molecule has 2 aromatic rings. The van der Waals surface area contributed by atoms with Crippen molar-refractivity contribution in [1.29, 1.82) is 0 Å². The SMILES string of the molecule is CC(C)c1nc(CN2C(=O)N(C)[C@@]3(C2=O)C(=O)N(CC(=O)O)c2ccc(Cl)cc23)cs1. The van der Waals surface area contributed by atoms with E-state index in [-0.39, 0.29) is 28.7 Å². The number of carbonyl (C=O) groups is 4. The van der Waals surface area contributed by atoms with Crippen molar-refractivity contribution in [3.63, 3.8) is 0 Å². The molecule has 0 saturated carbocycles. The summed E-state index contributed by atoms with van der Waals surface area (Å²) in [6.07, 6.45) is 0. The molecule has 1 saturated heterocycles. The van der Waals surface area contributed by atoms with E-state index in [1.807, 2.05) is 13.8 Å². The average Bonchev–Trinajstić information content (AvgIpc) is 3.31. The fraction of sp³-hybridized carbons (Fsp3) is 0.350. The second-order valence-electron chi connectivity index (χ2n) is 7.72. The van der Waals surface area contributed by atoms with E-state index in [1.54, 1.807) is 5.38 Å². The third-order valence-corrected chi connectivity index (χ3v) is 6.88. The molecule has 31 heavy (non-hydrogen) atoms. The summed E-state index contributed by atoms with van der Waals surface area (Å²) in [4.78, 5) is 59.0. The van der Waals surface area contributed by atoms with E-state index >= 15 is 0 Å². The third-order valence-electron chi connectivity index (χ3n) is 5.45. The molecule has 162 valence electrons. The Morgan fingerprint density at radius 3 is 2.52 bits per heavy atom. The van der Waals surface area contributed by atoms with Gasteiger partial charge in [-0.1, -0.05) is 25.4 Å². The Kier molecular flexibility index (Phi) is 5.01. The standard InChI is InChI=1S/C20H19ClN4O5S/c1-10(2)16-22-12(9-31-16)7-25-18(29)20(23(3)19(25)30)13-6-11(21)4-5-14(13)24(17(20)28)8-15(26)27/h4-6,9-10H,7-8H2,1-3H3,(H,26,27)/t20-/m1/s1. The zero-order chi connectivity index (χ0) is 22.7. The largest absolute Gasteiger partial charge is 0.480 e. The minimum absolute atomic E-state index is 0.0882. The number of carboxylic acids is 1. The van der Waals surface area contributed by atoms with Gasteiger partial charge in [-0.3, -0.25) is 24.2 Å². The molecular formula is C20H19ClN4O5S. The topological polar surface area (TPSA) is 111 Å². The van der Waals surface area contributed by atoms with Gasteiger partial charge in [0, 0.05) is 28.9 Å². The first kappa shape index (κ1) is 21.3. The number of thiazole rings is 1. The molecule has 1 fully saturated rings. The zero-order valence-electron chi connectivity index (χ0n) is 17.0. The molecule has 11 heteroatoms. The highest BCUT2D eigenvalue weighted by atomic mass is 35.5. The number of nitrogens with zero attached hydrogens (tertiary/aromatic N) is 4. The van der Waals surface area contributed by atoms with Crippen LogP contribution in [0.2, 0.25) is 5.02 Å². The number of hydrogen-bond acceptors (Lipinski definition) is 6. The summed E-state index contributed by atoms with van der Waals surface area (Å²) in [5, 5.41) is 12.2. The number of imide groups is 1. The van der Waals surface area contributed by atoms with Crippen LogP contribution in [0.3, 0.4) is 0 Å². The molecule has 2 aliphatic rings. The van der Waals surface area contributed by atoms with Crippen molar-refractivity contribution in [2.24, 2.45) is 0 Å². The maximum atomic E-state index is 13.6. The van der Waals surface area contributed by atoms with Crippen molar-refractivity contribution < 1.29 is 24.3 Å². The van der Waals surface area contributed by atoms with Crippen LogP contribution < -0.4 is 4.90 Å². The molecule has 0 aliphatic carbocycles. The summed E-state index contributed by atoms with van der Waals surface area (Å²) < 4.78 is 0. The fourth-order valence-corrected chi connectivity index (χ4v) is 4.99. The molecule has 3 heterocycles. The number of halogens is 1. The van der Waals surface area contributed by atoms with Crippen LogP contribution in [0.5, 0.6) is 0 Å². The Labute approximate surface area is 186 Å². The van der Waals surface area contributed by atoms with Gasteiger partial charge >= 0.3 is 12.0 Å². The molecule has 1 aromatic carbocycles. The van der Waals surface area contributed by atoms with Gasteiger partial charge in [-0.25, -0.2) is 9.78 Å². The quantitative estimate of drug-likeness (QED) is 0.540. The maximum absolute atomic E-state index is 13.6.